The predicted octanol–water partition coefficient (Wildman–Crippen LogP) is 2.92. The first-order valence-electron chi connectivity index (χ1n) is 3.81. The van der Waals surface area contributed by atoms with E-state index in [-0.39, 0.29) is 0 Å². The standard InChI is InChI=1S/C10H13PS/c1-7-5-8(2)10(12-4)9(6-7)11-3/h3,5-6,11H,1-2,4H3. The topological polar surface area (TPSA) is 0 Å². The lowest BCUT2D eigenvalue weighted by atomic mass is 10.2. The number of aryl methyl sites for hydroxylation is 2. The van der Waals surface area contributed by atoms with Crippen LogP contribution < -0.4 is 5.30 Å². The third-order valence-electron chi connectivity index (χ3n) is 1.78. The van der Waals surface area contributed by atoms with E-state index >= 15 is 0 Å². The molecule has 1 aromatic carbocycles. The molecule has 0 aliphatic heterocycles. The second-order valence-corrected chi connectivity index (χ2v) is 4.45. The maximum Gasteiger partial charge on any atom is 0.0214 e. The lowest BCUT2D eigenvalue weighted by Gasteiger charge is -2.07. The van der Waals surface area contributed by atoms with Gasteiger partial charge in [-0.25, -0.2) is 0 Å². The summed E-state index contributed by atoms with van der Waals surface area (Å²) in [7, 11) is 0.408. The lowest BCUT2D eigenvalue weighted by Crippen LogP contribution is -1.99. The second kappa shape index (κ2) is 4.05. The van der Waals surface area contributed by atoms with Crippen molar-refractivity contribution in [3.05, 3.63) is 23.3 Å². The van der Waals surface area contributed by atoms with E-state index < -0.39 is 0 Å². The first kappa shape index (κ1) is 9.74. The van der Waals surface area contributed by atoms with Crippen molar-refractivity contribution >= 4 is 25.1 Å². The van der Waals surface area contributed by atoms with Crippen molar-refractivity contribution in [3.8, 4) is 6.13 Å². The highest BCUT2D eigenvalue weighted by molar-refractivity contribution is 7.99. The number of hydrogen-bond acceptors (Lipinski definition) is 1. The minimum absolute atomic E-state index is 0.408. The van der Waals surface area contributed by atoms with Gasteiger partial charge in [-0.3, -0.25) is 0 Å². The second-order valence-electron chi connectivity index (χ2n) is 2.81. The summed E-state index contributed by atoms with van der Waals surface area (Å²) in [6.07, 6.45) is 7.78. The Bertz CT molecular complexity index is 336. The SMILES string of the molecule is C#[PH]c1cc(C)cc(C)c1SC. The molecule has 1 rings (SSSR count). The van der Waals surface area contributed by atoms with Crippen molar-refractivity contribution in [1.29, 1.82) is 0 Å². The highest BCUT2D eigenvalue weighted by Gasteiger charge is 2.02. The molecule has 0 radical (unpaired) electrons. The van der Waals surface area contributed by atoms with Crippen LogP contribution in [0.4, 0.5) is 0 Å². The van der Waals surface area contributed by atoms with Gasteiger partial charge in [0, 0.05) is 10.2 Å². The van der Waals surface area contributed by atoms with Gasteiger partial charge in [-0.2, -0.15) is 0 Å². The maximum atomic E-state index is 5.68. The molecule has 64 valence electrons. The highest BCUT2D eigenvalue weighted by atomic mass is 32.2. The monoisotopic (exact) mass is 196 g/mol. The Balaban J connectivity index is 3.36. The van der Waals surface area contributed by atoms with Crippen molar-refractivity contribution in [1.82, 2.24) is 0 Å². The van der Waals surface area contributed by atoms with Crippen LogP contribution in [-0.4, -0.2) is 6.26 Å². The molecule has 0 aliphatic rings. The third kappa shape index (κ3) is 1.87. The van der Waals surface area contributed by atoms with Gasteiger partial charge in [-0.15, -0.1) is 17.9 Å². The Kier molecular flexibility index (Phi) is 3.29. The number of rotatable bonds is 1. The van der Waals surface area contributed by atoms with Crippen molar-refractivity contribution in [2.24, 2.45) is 0 Å². The van der Waals surface area contributed by atoms with Gasteiger partial charge in [0.25, 0.3) is 0 Å². The van der Waals surface area contributed by atoms with Gasteiger partial charge in [0.1, 0.15) is 0 Å². The van der Waals surface area contributed by atoms with E-state index in [1.165, 1.54) is 21.3 Å². The maximum absolute atomic E-state index is 5.68. The summed E-state index contributed by atoms with van der Waals surface area (Å²) in [6.45, 7) is 4.25. The van der Waals surface area contributed by atoms with Crippen molar-refractivity contribution in [3.63, 3.8) is 0 Å². The fourth-order valence-electron chi connectivity index (χ4n) is 1.33. The average Bonchev–Trinajstić information content (AvgIpc) is 2.03. The fraction of sp³-hybridized carbons (Fsp3) is 0.300. The summed E-state index contributed by atoms with van der Waals surface area (Å²) in [6, 6.07) is 4.38. The molecule has 0 saturated heterocycles. The van der Waals surface area contributed by atoms with Gasteiger partial charge in [0.05, 0.1) is 0 Å². The molecular weight excluding hydrogens is 183 g/mol. The van der Waals surface area contributed by atoms with Gasteiger partial charge >= 0.3 is 0 Å². The van der Waals surface area contributed by atoms with Crippen LogP contribution in [0.1, 0.15) is 11.1 Å². The summed E-state index contributed by atoms with van der Waals surface area (Å²) in [5, 5.41) is 1.29. The molecule has 2 heteroatoms. The van der Waals surface area contributed by atoms with Crippen molar-refractivity contribution < 1.29 is 0 Å². The summed E-state index contributed by atoms with van der Waals surface area (Å²) >= 11 is 1.78. The van der Waals surface area contributed by atoms with E-state index in [0.29, 0.717) is 8.04 Å². The van der Waals surface area contributed by atoms with Crippen LogP contribution in [0.2, 0.25) is 0 Å². The fourth-order valence-corrected chi connectivity index (χ4v) is 3.11. The van der Waals surface area contributed by atoms with E-state index in [2.05, 4.69) is 32.2 Å². The molecule has 0 fully saturated rings. The molecule has 1 unspecified atom stereocenters. The van der Waals surface area contributed by atoms with E-state index in [9.17, 15) is 0 Å². The van der Waals surface area contributed by atoms with Gasteiger partial charge in [0.2, 0.25) is 0 Å². The molecule has 0 bridgehead atoms. The summed E-state index contributed by atoms with van der Waals surface area (Å²) in [4.78, 5) is 1.35. The molecule has 0 nitrogen and oxygen atoms in total. The number of benzene rings is 1. The summed E-state index contributed by atoms with van der Waals surface area (Å²) in [5.74, 6) is 0. The van der Waals surface area contributed by atoms with Gasteiger partial charge in [-0.1, -0.05) is 14.1 Å². The van der Waals surface area contributed by atoms with Crippen LogP contribution >= 0.6 is 19.8 Å². The predicted molar refractivity (Wildman–Crippen MR) is 60.6 cm³/mol. The Morgan fingerprint density at radius 3 is 2.50 bits per heavy atom. The van der Waals surface area contributed by atoms with E-state index in [0.717, 1.165) is 0 Å². The van der Waals surface area contributed by atoms with Crippen LogP contribution in [0.5, 0.6) is 0 Å². The first-order chi connectivity index (χ1) is 5.69. The lowest BCUT2D eigenvalue weighted by molar-refractivity contribution is 1.30. The normalized spacial score (nSPS) is 10.5. The number of hydrogen-bond donors (Lipinski definition) is 0. The Morgan fingerprint density at radius 2 is 2.00 bits per heavy atom. The quantitative estimate of drug-likeness (QED) is 0.491. The average molecular weight is 196 g/mol. The van der Waals surface area contributed by atoms with Crippen LogP contribution in [0.15, 0.2) is 17.0 Å². The Labute approximate surface area is 79.8 Å². The summed E-state index contributed by atoms with van der Waals surface area (Å²) in [5.41, 5.74) is 2.65. The number of thioether (sulfide) groups is 1. The summed E-state index contributed by atoms with van der Waals surface area (Å²) < 4.78 is 0. The van der Waals surface area contributed by atoms with Crippen molar-refractivity contribution in [2.45, 2.75) is 18.7 Å². The zero-order valence-corrected chi connectivity index (χ0v) is 9.46. The molecule has 12 heavy (non-hydrogen) atoms. The largest absolute Gasteiger partial charge is 0.146 e. The Morgan fingerprint density at radius 1 is 1.33 bits per heavy atom. The zero-order valence-electron chi connectivity index (χ0n) is 7.64. The first-order valence-corrected chi connectivity index (χ1v) is 6.11. The van der Waals surface area contributed by atoms with Crippen molar-refractivity contribution in [2.75, 3.05) is 6.26 Å². The minimum Gasteiger partial charge on any atom is -0.146 e. The van der Waals surface area contributed by atoms with E-state index in [4.69, 9.17) is 6.13 Å². The van der Waals surface area contributed by atoms with Gasteiger partial charge in [0.15, 0.2) is 0 Å². The van der Waals surface area contributed by atoms with Gasteiger partial charge in [-0.05, 0) is 37.3 Å². The highest BCUT2D eigenvalue weighted by Crippen LogP contribution is 2.21. The molecule has 0 aromatic heterocycles. The molecule has 1 aromatic rings. The molecule has 0 heterocycles. The molecule has 1 atom stereocenters. The van der Waals surface area contributed by atoms with Crippen LogP contribution in [0, 0.1) is 20.0 Å². The zero-order chi connectivity index (χ0) is 9.14. The van der Waals surface area contributed by atoms with E-state index in [1.54, 1.807) is 11.8 Å². The van der Waals surface area contributed by atoms with Gasteiger partial charge < -0.3 is 0 Å². The molecule has 0 N–H and O–H groups in total. The van der Waals surface area contributed by atoms with Crippen LogP contribution in [0.3, 0.4) is 0 Å². The van der Waals surface area contributed by atoms with Crippen LogP contribution in [-0.2, 0) is 0 Å². The van der Waals surface area contributed by atoms with Crippen LogP contribution in [0.25, 0.3) is 0 Å². The smallest absolute Gasteiger partial charge is 0.0214 e. The molecule has 0 aliphatic carbocycles. The Hall–Kier alpha value is -0.350. The third-order valence-corrected chi connectivity index (χ3v) is 3.62. The molecular formula is C10H13PS. The van der Waals surface area contributed by atoms with E-state index in [1.807, 2.05) is 0 Å². The minimum atomic E-state index is 0.408. The molecule has 0 amide bonds. The molecule has 0 saturated carbocycles. The molecule has 0 spiro atoms.